The number of anilines is 3. The highest BCUT2D eigenvalue weighted by Gasteiger charge is 2.18. The van der Waals surface area contributed by atoms with Gasteiger partial charge in [-0.15, -0.1) is 0 Å². The van der Waals surface area contributed by atoms with Crippen molar-refractivity contribution in [1.82, 2.24) is 9.97 Å². The van der Waals surface area contributed by atoms with Crippen LogP contribution >= 0.6 is 0 Å². The van der Waals surface area contributed by atoms with Crippen molar-refractivity contribution in [2.75, 3.05) is 41.7 Å². The SMILES string of the molecule is C.Cc1ccc(C=O)cc1.Nc1ccc(N2CCN(c3ccccn3)CC2)nc1.[HH]. The zero-order valence-corrected chi connectivity index (χ0v) is 16.0. The van der Waals surface area contributed by atoms with Gasteiger partial charge in [0.2, 0.25) is 0 Å². The van der Waals surface area contributed by atoms with Crippen LogP contribution in [0.1, 0.15) is 24.8 Å². The molecule has 6 nitrogen and oxygen atoms in total. The molecule has 29 heavy (non-hydrogen) atoms. The Hall–Kier alpha value is -3.41. The molecule has 0 aliphatic carbocycles. The molecular weight excluding hydrogens is 362 g/mol. The zero-order valence-electron chi connectivity index (χ0n) is 16.0. The Labute approximate surface area is 174 Å². The van der Waals surface area contributed by atoms with Gasteiger partial charge in [-0.2, -0.15) is 0 Å². The first kappa shape index (κ1) is 21.9. The van der Waals surface area contributed by atoms with E-state index in [0.29, 0.717) is 5.69 Å². The number of piperazine rings is 1. The van der Waals surface area contributed by atoms with Crippen LogP contribution in [0.2, 0.25) is 0 Å². The molecule has 0 bridgehead atoms. The van der Waals surface area contributed by atoms with Crippen molar-refractivity contribution in [1.29, 1.82) is 0 Å². The van der Waals surface area contributed by atoms with Gasteiger partial charge in [-0.3, -0.25) is 4.79 Å². The van der Waals surface area contributed by atoms with E-state index in [4.69, 9.17) is 5.73 Å². The third kappa shape index (κ3) is 6.31. The molecule has 0 radical (unpaired) electrons. The van der Waals surface area contributed by atoms with E-state index in [2.05, 4.69) is 25.8 Å². The lowest BCUT2D eigenvalue weighted by atomic mass is 10.2. The van der Waals surface area contributed by atoms with E-state index in [1.807, 2.05) is 61.7 Å². The molecule has 2 aromatic heterocycles. The number of carbonyl (C=O) groups is 1. The molecule has 4 rings (SSSR count). The Balaban J connectivity index is 0.000000351. The summed E-state index contributed by atoms with van der Waals surface area (Å²) in [6.45, 7) is 5.82. The van der Waals surface area contributed by atoms with Crippen LogP contribution in [0.3, 0.4) is 0 Å². The molecule has 1 aliphatic heterocycles. The van der Waals surface area contributed by atoms with Crippen LogP contribution in [-0.2, 0) is 0 Å². The second-order valence-corrected chi connectivity index (χ2v) is 6.64. The zero-order chi connectivity index (χ0) is 19.8. The molecule has 1 aromatic carbocycles. The number of aldehydes is 1. The Morgan fingerprint density at radius 3 is 2.00 bits per heavy atom. The van der Waals surface area contributed by atoms with Gasteiger partial charge in [0.15, 0.2) is 0 Å². The normalized spacial score (nSPS) is 13.0. The number of pyridine rings is 2. The lowest BCUT2D eigenvalue weighted by Gasteiger charge is -2.36. The van der Waals surface area contributed by atoms with Gasteiger partial charge >= 0.3 is 0 Å². The van der Waals surface area contributed by atoms with Crippen molar-refractivity contribution in [2.24, 2.45) is 0 Å². The molecule has 3 heterocycles. The summed E-state index contributed by atoms with van der Waals surface area (Å²) in [5.41, 5.74) is 8.28. The average Bonchev–Trinajstić information content (AvgIpc) is 2.76. The fourth-order valence-corrected chi connectivity index (χ4v) is 2.94. The summed E-state index contributed by atoms with van der Waals surface area (Å²) in [4.78, 5) is 23.4. The van der Waals surface area contributed by atoms with E-state index in [1.165, 1.54) is 5.56 Å². The number of nitrogens with two attached hydrogens (primary N) is 1. The van der Waals surface area contributed by atoms with Crippen LogP contribution in [0.15, 0.2) is 67.0 Å². The highest BCUT2D eigenvalue weighted by molar-refractivity contribution is 5.74. The molecule has 0 spiro atoms. The summed E-state index contributed by atoms with van der Waals surface area (Å²) in [6, 6.07) is 17.3. The van der Waals surface area contributed by atoms with E-state index < -0.39 is 0 Å². The summed E-state index contributed by atoms with van der Waals surface area (Å²) >= 11 is 0. The minimum atomic E-state index is 0. The van der Waals surface area contributed by atoms with Crippen LogP contribution < -0.4 is 15.5 Å². The van der Waals surface area contributed by atoms with Gasteiger partial charge < -0.3 is 15.5 Å². The summed E-state index contributed by atoms with van der Waals surface area (Å²) in [5, 5.41) is 0. The van der Waals surface area contributed by atoms with E-state index >= 15 is 0 Å². The van der Waals surface area contributed by atoms with Crippen molar-refractivity contribution in [3.63, 3.8) is 0 Å². The highest BCUT2D eigenvalue weighted by Crippen LogP contribution is 2.17. The molecule has 0 atom stereocenters. The number of nitrogen functional groups attached to an aromatic ring is 1. The van der Waals surface area contributed by atoms with Crippen LogP contribution in [0.4, 0.5) is 17.3 Å². The fraction of sp³-hybridized carbons (Fsp3) is 0.261. The first-order valence-corrected chi connectivity index (χ1v) is 9.30. The standard InChI is InChI=1S/C14H17N5.C8H8O.CH4.H2/c15-12-4-5-14(17-11-12)19-9-7-18(8-10-19)13-3-1-2-6-16-13;1-7-2-4-8(6-9)5-3-7;;/h1-6,11H,7-10,15H2;2-6H,1H3;1H4;1H. The van der Waals surface area contributed by atoms with E-state index in [9.17, 15) is 4.79 Å². The third-order valence-corrected chi connectivity index (χ3v) is 4.56. The number of nitrogens with zero attached hydrogens (tertiary/aromatic N) is 4. The molecule has 1 aliphatic rings. The Morgan fingerprint density at radius 2 is 1.52 bits per heavy atom. The summed E-state index contributed by atoms with van der Waals surface area (Å²) in [5.74, 6) is 2.04. The lowest BCUT2D eigenvalue weighted by molar-refractivity contribution is 0.112. The van der Waals surface area contributed by atoms with E-state index in [0.717, 1.165) is 49.7 Å². The van der Waals surface area contributed by atoms with Gasteiger partial charge in [0.25, 0.3) is 0 Å². The molecule has 1 fully saturated rings. The number of benzene rings is 1. The maximum Gasteiger partial charge on any atom is 0.150 e. The smallest absolute Gasteiger partial charge is 0.150 e. The first-order chi connectivity index (χ1) is 13.7. The first-order valence-electron chi connectivity index (χ1n) is 9.30. The molecule has 0 amide bonds. The van der Waals surface area contributed by atoms with Crippen LogP contribution in [0, 0.1) is 6.92 Å². The van der Waals surface area contributed by atoms with E-state index in [-0.39, 0.29) is 8.85 Å². The second-order valence-electron chi connectivity index (χ2n) is 6.64. The predicted octanol–water partition coefficient (Wildman–Crippen LogP) is 4.08. The van der Waals surface area contributed by atoms with Crippen molar-refractivity contribution in [3.8, 4) is 0 Å². The molecule has 0 unspecified atom stereocenters. The number of carbonyl (C=O) groups excluding carboxylic acids is 1. The van der Waals surface area contributed by atoms with Crippen molar-refractivity contribution in [3.05, 3.63) is 78.1 Å². The van der Waals surface area contributed by atoms with Gasteiger partial charge in [-0.1, -0.05) is 43.3 Å². The molecule has 1 saturated heterocycles. The van der Waals surface area contributed by atoms with Crippen molar-refractivity contribution < 1.29 is 6.22 Å². The Kier molecular flexibility index (Phi) is 8.15. The molecule has 3 aromatic rings. The minimum Gasteiger partial charge on any atom is -0.397 e. The number of hydrogen-bond donors (Lipinski definition) is 1. The summed E-state index contributed by atoms with van der Waals surface area (Å²) < 4.78 is 0. The van der Waals surface area contributed by atoms with Crippen LogP contribution in [0.25, 0.3) is 0 Å². The number of rotatable bonds is 3. The quantitative estimate of drug-likeness (QED) is 0.676. The van der Waals surface area contributed by atoms with Crippen LogP contribution in [-0.4, -0.2) is 42.4 Å². The van der Waals surface area contributed by atoms with Crippen molar-refractivity contribution >= 4 is 23.6 Å². The van der Waals surface area contributed by atoms with Crippen molar-refractivity contribution in [2.45, 2.75) is 14.4 Å². The molecule has 0 saturated carbocycles. The number of hydrogen-bond acceptors (Lipinski definition) is 6. The Bertz CT molecular complexity index is 864. The van der Waals surface area contributed by atoms with Gasteiger partial charge in [-0.05, 0) is 31.2 Å². The third-order valence-electron chi connectivity index (χ3n) is 4.56. The maximum absolute atomic E-state index is 10.1. The highest BCUT2D eigenvalue weighted by atomic mass is 16.1. The number of aromatic nitrogens is 2. The van der Waals surface area contributed by atoms with Gasteiger partial charge in [0.1, 0.15) is 17.9 Å². The van der Waals surface area contributed by atoms with E-state index in [1.54, 1.807) is 6.20 Å². The van der Waals surface area contributed by atoms with Crippen LogP contribution in [0.5, 0.6) is 0 Å². The minimum absolute atomic E-state index is 0. The largest absolute Gasteiger partial charge is 0.397 e. The summed E-state index contributed by atoms with van der Waals surface area (Å²) in [6.07, 6.45) is 4.39. The molecule has 154 valence electrons. The lowest BCUT2D eigenvalue weighted by Crippen LogP contribution is -2.47. The molecule has 2 N–H and O–H groups in total. The van der Waals surface area contributed by atoms with Gasteiger partial charge in [0.05, 0.1) is 11.9 Å². The average molecular weight is 394 g/mol. The fourth-order valence-electron chi connectivity index (χ4n) is 2.94. The maximum atomic E-state index is 10.1. The monoisotopic (exact) mass is 393 g/mol. The molecule has 6 heteroatoms. The van der Waals surface area contributed by atoms with Gasteiger partial charge in [-0.25, -0.2) is 9.97 Å². The van der Waals surface area contributed by atoms with Gasteiger partial charge in [0, 0.05) is 39.4 Å². The molecular formula is C23H31N5O. The number of aryl methyl sites for hydroxylation is 1. The predicted molar refractivity (Wildman–Crippen MR) is 123 cm³/mol. The topological polar surface area (TPSA) is 75.4 Å². The second kappa shape index (κ2) is 10.8. The Morgan fingerprint density at radius 1 is 0.897 bits per heavy atom. The summed E-state index contributed by atoms with van der Waals surface area (Å²) in [7, 11) is 0.